The summed E-state index contributed by atoms with van der Waals surface area (Å²) in [6.45, 7) is 5.35. The Morgan fingerprint density at radius 3 is 2.89 bits per heavy atom. The minimum absolute atomic E-state index is 0.0443. The summed E-state index contributed by atoms with van der Waals surface area (Å²) in [5.74, 6) is 0.902. The standard InChI is InChI=1S/C14H25N3O2/c1-14(13(19)15-2)6-8-17(10-14)12(18)4-3-11-5-7-16-9-11/h11,16H,3-10H2,1-2H3,(H,15,19). The first-order chi connectivity index (χ1) is 9.05. The molecule has 5 nitrogen and oxygen atoms in total. The average molecular weight is 267 g/mol. The highest BCUT2D eigenvalue weighted by Crippen LogP contribution is 2.30. The van der Waals surface area contributed by atoms with Crippen LogP contribution in [0.5, 0.6) is 0 Å². The number of carbonyl (C=O) groups is 2. The third-order valence-electron chi connectivity index (χ3n) is 4.53. The molecule has 2 amide bonds. The van der Waals surface area contributed by atoms with Gasteiger partial charge in [-0.1, -0.05) is 0 Å². The molecule has 2 aliphatic heterocycles. The lowest BCUT2D eigenvalue weighted by Crippen LogP contribution is -2.40. The quantitative estimate of drug-likeness (QED) is 0.773. The van der Waals surface area contributed by atoms with E-state index in [1.54, 1.807) is 7.05 Å². The van der Waals surface area contributed by atoms with Gasteiger partial charge in [-0.2, -0.15) is 0 Å². The van der Waals surface area contributed by atoms with Crippen LogP contribution in [0.3, 0.4) is 0 Å². The highest BCUT2D eigenvalue weighted by atomic mass is 16.2. The van der Waals surface area contributed by atoms with Crippen LogP contribution in [0.25, 0.3) is 0 Å². The van der Waals surface area contributed by atoms with Crippen LogP contribution in [-0.2, 0) is 9.59 Å². The van der Waals surface area contributed by atoms with Crippen LogP contribution in [0.2, 0.25) is 0 Å². The molecule has 108 valence electrons. The van der Waals surface area contributed by atoms with E-state index in [2.05, 4.69) is 10.6 Å². The van der Waals surface area contributed by atoms with E-state index in [1.807, 2.05) is 11.8 Å². The number of hydrogen-bond acceptors (Lipinski definition) is 3. The number of hydrogen-bond donors (Lipinski definition) is 2. The van der Waals surface area contributed by atoms with E-state index in [9.17, 15) is 9.59 Å². The Balaban J connectivity index is 1.79. The molecule has 0 saturated carbocycles. The fourth-order valence-corrected chi connectivity index (χ4v) is 3.11. The smallest absolute Gasteiger partial charge is 0.227 e. The first-order valence-electron chi connectivity index (χ1n) is 7.26. The van der Waals surface area contributed by atoms with Crippen molar-refractivity contribution in [2.45, 2.75) is 32.6 Å². The summed E-state index contributed by atoms with van der Waals surface area (Å²) in [6.07, 6.45) is 3.54. The van der Waals surface area contributed by atoms with Crippen molar-refractivity contribution in [2.24, 2.45) is 11.3 Å². The third kappa shape index (κ3) is 3.26. The summed E-state index contributed by atoms with van der Waals surface area (Å²) in [5, 5.41) is 6.02. The Bertz CT molecular complexity index is 353. The molecule has 0 bridgehead atoms. The lowest BCUT2D eigenvalue weighted by molar-refractivity contribution is -0.132. The van der Waals surface area contributed by atoms with Crippen LogP contribution in [-0.4, -0.2) is 49.9 Å². The van der Waals surface area contributed by atoms with E-state index in [1.165, 1.54) is 6.42 Å². The lowest BCUT2D eigenvalue weighted by atomic mass is 9.89. The molecule has 0 aromatic carbocycles. The number of amides is 2. The van der Waals surface area contributed by atoms with Gasteiger partial charge in [0, 0.05) is 26.6 Å². The van der Waals surface area contributed by atoms with Gasteiger partial charge in [-0.05, 0) is 45.2 Å². The molecule has 2 heterocycles. The molecule has 2 fully saturated rings. The zero-order chi connectivity index (χ0) is 13.9. The molecule has 2 saturated heterocycles. The maximum Gasteiger partial charge on any atom is 0.227 e. The van der Waals surface area contributed by atoms with Crippen molar-refractivity contribution in [2.75, 3.05) is 33.2 Å². The molecular formula is C14H25N3O2. The molecule has 0 aliphatic carbocycles. The zero-order valence-corrected chi connectivity index (χ0v) is 12.0. The van der Waals surface area contributed by atoms with Gasteiger partial charge in [0.1, 0.15) is 0 Å². The van der Waals surface area contributed by atoms with Crippen LogP contribution in [0.1, 0.15) is 32.6 Å². The Morgan fingerprint density at radius 2 is 2.26 bits per heavy atom. The predicted octanol–water partition coefficient (Wildman–Crippen LogP) is 0.361. The van der Waals surface area contributed by atoms with Crippen LogP contribution in [0.4, 0.5) is 0 Å². The molecule has 0 aromatic heterocycles. The van der Waals surface area contributed by atoms with Crippen molar-refractivity contribution in [3.63, 3.8) is 0 Å². The van der Waals surface area contributed by atoms with Crippen molar-refractivity contribution in [1.82, 2.24) is 15.5 Å². The van der Waals surface area contributed by atoms with Gasteiger partial charge < -0.3 is 15.5 Å². The van der Waals surface area contributed by atoms with Crippen LogP contribution in [0.15, 0.2) is 0 Å². The molecule has 0 spiro atoms. The van der Waals surface area contributed by atoms with Crippen LogP contribution >= 0.6 is 0 Å². The summed E-state index contributed by atoms with van der Waals surface area (Å²) in [7, 11) is 1.66. The predicted molar refractivity (Wildman–Crippen MR) is 73.6 cm³/mol. The van der Waals surface area contributed by atoms with Crippen molar-refractivity contribution in [3.8, 4) is 0 Å². The second kappa shape index (κ2) is 5.90. The minimum atomic E-state index is -0.403. The monoisotopic (exact) mass is 267 g/mol. The summed E-state index contributed by atoms with van der Waals surface area (Å²) in [4.78, 5) is 25.8. The number of rotatable bonds is 4. The topological polar surface area (TPSA) is 61.4 Å². The summed E-state index contributed by atoms with van der Waals surface area (Å²) >= 11 is 0. The van der Waals surface area contributed by atoms with Gasteiger partial charge in [0.15, 0.2) is 0 Å². The average Bonchev–Trinajstić information content (AvgIpc) is 3.05. The second-order valence-electron chi connectivity index (χ2n) is 6.10. The van der Waals surface area contributed by atoms with Crippen molar-refractivity contribution >= 4 is 11.8 Å². The van der Waals surface area contributed by atoms with Crippen molar-refractivity contribution in [1.29, 1.82) is 0 Å². The lowest BCUT2D eigenvalue weighted by Gasteiger charge is -2.23. The van der Waals surface area contributed by atoms with Crippen LogP contribution < -0.4 is 10.6 Å². The maximum absolute atomic E-state index is 12.2. The minimum Gasteiger partial charge on any atom is -0.359 e. The van der Waals surface area contributed by atoms with Gasteiger partial charge in [-0.3, -0.25) is 9.59 Å². The van der Waals surface area contributed by atoms with Gasteiger partial charge in [0.2, 0.25) is 11.8 Å². The molecule has 2 rings (SSSR count). The van der Waals surface area contributed by atoms with Gasteiger partial charge in [-0.25, -0.2) is 0 Å². The Kier molecular flexibility index (Phi) is 4.45. The number of nitrogens with one attached hydrogen (secondary N) is 2. The van der Waals surface area contributed by atoms with E-state index in [0.29, 0.717) is 25.4 Å². The van der Waals surface area contributed by atoms with Gasteiger partial charge in [-0.15, -0.1) is 0 Å². The number of likely N-dealkylation sites (tertiary alicyclic amines) is 1. The molecule has 0 aromatic rings. The van der Waals surface area contributed by atoms with E-state index in [0.717, 1.165) is 25.9 Å². The largest absolute Gasteiger partial charge is 0.359 e. The fraction of sp³-hybridized carbons (Fsp3) is 0.857. The molecule has 5 heteroatoms. The first-order valence-corrected chi connectivity index (χ1v) is 7.26. The molecule has 2 atom stereocenters. The highest BCUT2D eigenvalue weighted by Gasteiger charge is 2.41. The second-order valence-corrected chi connectivity index (χ2v) is 6.10. The Labute approximate surface area is 115 Å². The van der Waals surface area contributed by atoms with E-state index in [4.69, 9.17) is 0 Å². The summed E-state index contributed by atoms with van der Waals surface area (Å²) < 4.78 is 0. The maximum atomic E-state index is 12.2. The van der Waals surface area contributed by atoms with Gasteiger partial charge in [0.25, 0.3) is 0 Å². The van der Waals surface area contributed by atoms with E-state index < -0.39 is 5.41 Å². The SMILES string of the molecule is CNC(=O)C1(C)CCN(C(=O)CCC2CCNC2)C1. The Morgan fingerprint density at radius 1 is 1.47 bits per heavy atom. The van der Waals surface area contributed by atoms with Crippen LogP contribution in [0, 0.1) is 11.3 Å². The zero-order valence-electron chi connectivity index (χ0n) is 12.0. The third-order valence-corrected chi connectivity index (χ3v) is 4.53. The molecule has 2 unspecified atom stereocenters. The summed E-state index contributed by atoms with van der Waals surface area (Å²) in [6, 6.07) is 0. The molecular weight excluding hydrogens is 242 g/mol. The molecule has 0 radical (unpaired) electrons. The molecule has 2 aliphatic rings. The fourth-order valence-electron chi connectivity index (χ4n) is 3.11. The Hall–Kier alpha value is -1.10. The number of carbonyl (C=O) groups excluding carboxylic acids is 2. The molecule has 19 heavy (non-hydrogen) atoms. The number of nitrogens with zero attached hydrogens (tertiary/aromatic N) is 1. The van der Waals surface area contributed by atoms with Gasteiger partial charge in [0.05, 0.1) is 5.41 Å². The van der Waals surface area contributed by atoms with Crippen molar-refractivity contribution < 1.29 is 9.59 Å². The van der Waals surface area contributed by atoms with Gasteiger partial charge >= 0.3 is 0 Å². The van der Waals surface area contributed by atoms with Crippen molar-refractivity contribution in [3.05, 3.63) is 0 Å². The first kappa shape index (κ1) is 14.3. The van der Waals surface area contributed by atoms with E-state index in [-0.39, 0.29) is 11.8 Å². The normalized spacial score (nSPS) is 30.6. The van der Waals surface area contributed by atoms with E-state index >= 15 is 0 Å². The highest BCUT2D eigenvalue weighted by molar-refractivity contribution is 5.84. The molecule has 2 N–H and O–H groups in total. The summed E-state index contributed by atoms with van der Waals surface area (Å²) in [5.41, 5.74) is -0.403.